The van der Waals surface area contributed by atoms with E-state index in [2.05, 4.69) is 4.98 Å². The Hall–Kier alpha value is -1.89. The minimum Gasteiger partial charge on any atom is -0.495 e. The number of nitrogens with zero attached hydrogens (tertiary/aromatic N) is 2. The number of anilines is 1. The normalized spacial score (nSPS) is 16.3. The maximum Gasteiger partial charge on any atom is 0.270 e. The Kier molecular flexibility index (Phi) is 4.66. The predicted octanol–water partition coefficient (Wildman–Crippen LogP) is 4.15. The lowest BCUT2D eigenvalue weighted by molar-refractivity contribution is -0.113. The number of thiocarbonyl (C=S) groups is 1. The van der Waals surface area contributed by atoms with Crippen molar-refractivity contribution in [1.82, 2.24) is 4.98 Å². The van der Waals surface area contributed by atoms with Crippen LogP contribution in [0.25, 0.3) is 6.08 Å². The average Bonchev–Trinajstić information content (AvgIpc) is 2.82. The van der Waals surface area contributed by atoms with Crippen LogP contribution in [-0.2, 0) is 4.79 Å². The largest absolute Gasteiger partial charge is 0.495 e. The lowest BCUT2D eigenvalue weighted by Crippen LogP contribution is -2.27. The van der Waals surface area contributed by atoms with Gasteiger partial charge in [-0.3, -0.25) is 14.7 Å². The minimum atomic E-state index is -0.176. The number of methoxy groups -OCH3 is 1. The van der Waals surface area contributed by atoms with Gasteiger partial charge in [0.2, 0.25) is 0 Å². The summed E-state index contributed by atoms with van der Waals surface area (Å²) in [7, 11) is 1.54. The van der Waals surface area contributed by atoms with Crippen LogP contribution in [0.3, 0.4) is 0 Å². The zero-order valence-electron chi connectivity index (χ0n) is 12.0. The molecule has 1 aromatic carbocycles. The molecule has 1 aromatic heterocycles. The number of pyridine rings is 1. The number of halogens is 1. The van der Waals surface area contributed by atoms with Crippen LogP contribution in [0, 0.1) is 0 Å². The Labute approximate surface area is 148 Å². The van der Waals surface area contributed by atoms with E-state index in [1.807, 2.05) is 12.1 Å². The van der Waals surface area contributed by atoms with Crippen molar-refractivity contribution in [2.75, 3.05) is 12.0 Å². The van der Waals surface area contributed by atoms with E-state index in [0.717, 1.165) is 5.56 Å². The minimum absolute atomic E-state index is 0.176. The molecule has 0 radical (unpaired) electrons. The number of amides is 1. The number of carbonyl (C=O) groups excluding carboxylic acids is 1. The van der Waals surface area contributed by atoms with E-state index in [-0.39, 0.29) is 5.91 Å². The van der Waals surface area contributed by atoms with Crippen molar-refractivity contribution in [2.45, 2.75) is 0 Å². The highest BCUT2D eigenvalue weighted by Crippen LogP contribution is 2.38. The van der Waals surface area contributed by atoms with Gasteiger partial charge in [-0.2, -0.15) is 0 Å². The lowest BCUT2D eigenvalue weighted by atomic mass is 10.2. The fourth-order valence-corrected chi connectivity index (χ4v) is 3.65. The monoisotopic (exact) mass is 362 g/mol. The van der Waals surface area contributed by atoms with Gasteiger partial charge in [0.05, 0.1) is 22.7 Å². The van der Waals surface area contributed by atoms with E-state index in [0.29, 0.717) is 25.7 Å². The van der Waals surface area contributed by atoms with Crippen molar-refractivity contribution in [1.29, 1.82) is 0 Å². The van der Waals surface area contributed by atoms with Gasteiger partial charge in [0.1, 0.15) is 5.75 Å². The van der Waals surface area contributed by atoms with Crippen LogP contribution in [-0.4, -0.2) is 22.3 Å². The van der Waals surface area contributed by atoms with Crippen LogP contribution in [0.2, 0.25) is 5.02 Å². The van der Waals surface area contributed by atoms with Crippen LogP contribution in [0.5, 0.6) is 5.75 Å². The zero-order chi connectivity index (χ0) is 16.4. The summed E-state index contributed by atoms with van der Waals surface area (Å²) in [6, 6.07) is 8.82. The number of benzene rings is 1. The molecule has 0 atom stereocenters. The van der Waals surface area contributed by atoms with Crippen molar-refractivity contribution in [3.05, 3.63) is 58.2 Å². The van der Waals surface area contributed by atoms with E-state index < -0.39 is 0 Å². The molecule has 1 aliphatic rings. The highest BCUT2D eigenvalue weighted by Gasteiger charge is 2.33. The first-order chi connectivity index (χ1) is 11.1. The molecule has 0 bridgehead atoms. The second-order valence-corrected chi connectivity index (χ2v) is 6.71. The van der Waals surface area contributed by atoms with Crippen molar-refractivity contribution < 1.29 is 9.53 Å². The average molecular weight is 363 g/mol. The molecule has 2 aromatic rings. The van der Waals surface area contributed by atoms with Crippen molar-refractivity contribution in [3.63, 3.8) is 0 Å². The standard InChI is InChI=1S/C16H11ClN2O2S2/c1-21-13-5-4-11(8-12(13)17)19-15(20)14(23-16(19)22)7-10-3-2-6-18-9-10/h2-9H,1H3/b14-7-. The molecule has 1 saturated heterocycles. The van der Waals surface area contributed by atoms with E-state index in [9.17, 15) is 4.79 Å². The molecule has 7 heteroatoms. The summed E-state index contributed by atoms with van der Waals surface area (Å²) >= 11 is 12.7. The van der Waals surface area contributed by atoms with E-state index >= 15 is 0 Å². The summed E-state index contributed by atoms with van der Waals surface area (Å²) in [5, 5.41) is 0.426. The molecule has 0 aliphatic carbocycles. The van der Waals surface area contributed by atoms with Crippen LogP contribution in [0.15, 0.2) is 47.6 Å². The van der Waals surface area contributed by atoms with Gasteiger partial charge in [-0.25, -0.2) is 0 Å². The maximum absolute atomic E-state index is 12.6. The summed E-state index contributed by atoms with van der Waals surface area (Å²) in [5.41, 5.74) is 1.47. The molecule has 0 N–H and O–H groups in total. The molecule has 0 saturated carbocycles. The molecule has 116 valence electrons. The second kappa shape index (κ2) is 6.70. The van der Waals surface area contributed by atoms with E-state index in [1.54, 1.807) is 36.7 Å². The molecule has 2 heterocycles. The van der Waals surface area contributed by atoms with Gasteiger partial charge in [-0.15, -0.1) is 0 Å². The molecule has 1 fully saturated rings. The quantitative estimate of drug-likeness (QED) is 0.606. The molecule has 4 nitrogen and oxygen atoms in total. The third-order valence-corrected chi connectivity index (χ3v) is 4.77. The summed E-state index contributed by atoms with van der Waals surface area (Å²) in [6.45, 7) is 0. The molecule has 0 unspecified atom stereocenters. The fraction of sp³-hybridized carbons (Fsp3) is 0.0625. The Morgan fingerprint density at radius 1 is 1.39 bits per heavy atom. The molecule has 1 aliphatic heterocycles. The first kappa shape index (κ1) is 16.0. The summed E-state index contributed by atoms with van der Waals surface area (Å²) in [4.78, 5) is 18.7. The molecular formula is C16H11ClN2O2S2. The molecule has 23 heavy (non-hydrogen) atoms. The van der Waals surface area contributed by atoms with E-state index in [1.165, 1.54) is 23.8 Å². The number of carbonyl (C=O) groups is 1. The summed E-state index contributed by atoms with van der Waals surface area (Å²) < 4.78 is 5.59. The van der Waals surface area contributed by atoms with Crippen LogP contribution < -0.4 is 9.64 Å². The first-order valence-corrected chi connectivity index (χ1v) is 8.22. The SMILES string of the molecule is COc1ccc(N2C(=O)/C(=C/c3cccnc3)SC2=S)cc1Cl. The second-order valence-electron chi connectivity index (χ2n) is 4.62. The number of ether oxygens (including phenoxy) is 1. The summed E-state index contributed by atoms with van der Waals surface area (Å²) in [6.07, 6.45) is 5.15. The number of rotatable bonds is 3. The Morgan fingerprint density at radius 2 is 2.22 bits per heavy atom. The van der Waals surface area contributed by atoms with Crippen molar-refractivity contribution >= 4 is 57.6 Å². The number of hydrogen-bond acceptors (Lipinski definition) is 5. The Bertz CT molecular complexity index is 809. The Morgan fingerprint density at radius 3 is 2.87 bits per heavy atom. The topological polar surface area (TPSA) is 42.4 Å². The fourth-order valence-electron chi connectivity index (χ4n) is 2.10. The molecule has 3 rings (SSSR count). The molecule has 1 amide bonds. The van der Waals surface area contributed by atoms with Crippen molar-refractivity contribution in [2.24, 2.45) is 0 Å². The van der Waals surface area contributed by atoms with E-state index in [4.69, 9.17) is 28.6 Å². The highest BCUT2D eigenvalue weighted by atomic mass is 35.5. The van der Waals surface area contributed by atoms with Gasteiger partial charge in [-0.1, -0.05) is 41.6 Å². The van der Waals surface area contributed by atoms with Crippen molar-refractivity contribution in [3.8, 4) is 5.75 Å². The third-order valence-electron chi connectivity index (χ3n) is 3.17. The maximum atomic E-state index is 12.6. The third kappa shape index (κ3) is 3.24. The predicted molar refractivity (Wildman–Crippen MR) is 97.9 cm³/mol. The van der Waals surface area contributed by atoms with Crippen LogP contribution in [0.1, 0.15) is 5.56 Å². The zero-order valence-corrected chi connectivity index (χ0v) is 14.4. The van der Waals surface area contributed by atoms with Gasteiger partial charge in [0, 0.05) is 12.4 Å². The number of hydrogen-bond donors (Lipinski definition) is 0. The van der Waals surface area contributed by atoms with Crippen LogP contribution >= 0.6 is 35.6 Å². The van der Waals surface area contributed by atoms with Crippen LogP contribution in [0.4, 0.5) is 5.69 Å². The smallest absolute Gasteiger partial charge is 0.270 e. The number of aromatic nitrogens is 1. The van der Waals surface area contributed by atoms with Gasteiger partial charge >= 0.3 is 0 Å². The lowest BCUT2D eigenvalue weighted by Gasteiger charge is -2.15. The highest BCUT2D eigenvalue weighted by molar-refractivity contribution is 8.27. The van der Waals surface area contributed by atoms with Gasteiger partial charge in [-0.05, 0) is 35.9 Å². The number of thioether (sulfide) groups is 1. The first-order valence-electron chi connectivity index (χ1n) is 6.61. The Balaban J connectivity index is 1.93. The molecule has 0 spiro atoms. The van der Waals surface area contributed by atoms with Gasteiger partial charge < -0.3 is 4.74 Å². The van der Waals surface area contributed by atoms with Gasteiger partial charge in [0.15, 0.2) is 4.32 Å². The summed E-state index contributed by atoms with van der Waals surface area (Å²) in [5.74, 6) is 0.372. The molecular weight excluding hydrogens is 352 g/mol. The van der Waals surface area contributed by atoms with Gasteiger partial charge in [0.25, 0.3) is 5.91 Å².